The van der Waals surface area contributed by atoms with E-state index in [1.165, 1.54) is 238 Å². The van der Waals surface area contributed by atoms with E-state index in [0.717, 1.165) is 12.1 Å². The second kappa shape index (κ2) is 39.5. The number of hydrogen-bond donors (Lipinski definition) is 1. The lowest BCUT2D eigenvalue weighted by molar-refractivity contribution is -0.116. The average molecular weight is 682 g/mol. The van der Waals surface area contributed by atoms with Crippen LogP contribution in [0.4, 0.5) is 5.69 Å². The van der Waals surface area contributed by atoms with E-state index in [2.05, 4.69) is 12.2 Å². The lowest BCUT2D eigenvalue weighted by Crippen LogP contribution is -2.10. The molecule has 0 atom stereocenters. The smallest absolute Gasteiger partial charge is 0.224 e. The molecule has 0 radical (unpaired) electrons. The first-order valence-corrected chi connectivity index (χ1v) is 22.7. The Morgan fingerprint density at radius 1 is 0.347 bits per heavy atom. The van der Waals surface area contributed by atoms with Crippen molar-refractivity contribution in [2.24, 2.45) is 0 Å². The quantitative estimate of drug-likeness (QED) is 0.0686. The second-order valence-electron chi connectivity index (χ2n) is 15.7. The van der Waals surface area contributed by atoms with Gasteiger partial charge < -0.3 is 5.32 Å². The van der Waals surface area contributed by atoms with Gasteiger partial charge in [0.05, 0.1) is 0 Å². The van der Waals surface area contributed by atoms with Crippen LogP contribution < -0.4 is 5.32 Å². The van der Waals surface area contributed by atoms with Crippen molar-refractivity contribution in [3.8, 4) is 0 Å². The topological polar surface area (TPSA) is 29.1 Å². The predicted octanol–water partition coefficient (Wildman–Crippen LogP) is 16.9. The third-order valence-corrected chi connectivity index (χ3v) is 10.8. The first kappa shape index (κ1) is 45.7. The van der Waals surface area contributed by atoms with E-state index in [1.807, 2.05) is 30.3 Å². The van der Waals surface area contributed by atoms with Crippen molar-refractivity contribution in [3.05, 3.63) is 30.3 Å². The van der Waals surface area contributed by atoms with Gasteiger partial charge in [0.1, 0.15) is 0 Å². The molecule has 1 rings (SSSR count). The normalized spacial score (nSPS) is 11.4. The molecule has 2 heteroatoms. The molecule has 0 unspecified atom stereocenters. The first-order chi connectivity index (χ1) is 24.3. The minimum atomic E-state index is 0.151. The van der Waals surface area contributed by atoms with Crippen LogP contribution in [0.5, 0.6) is 0 Å². The van der Waals surface area contributed by atoms with Crippen LogP contribution in [0.25, 0.3) is 0 Å². The van der Waals surface area contributed by atoms with E-state index in [-0.39, 0.29) is 5.91 Å². The summed E-state index contributed by atoms with van der Waals surface area (Å²) in [6.45, 7) is 2.31. The summed E-state index contributed by atoms with van der Waals surface area (Å²) in [5, 5.41) is 2.98. The largest absolute Gasteiger partial charge is 0.326 e. The van der Waals surface area contributed by atoms with E-state index in [4.69, 9.17) is 0 Å². The fourth-order valence-electron chi connectivity index (χ4n) is 7.47. The molecule has 286 valence electrons. The van der Waals surface area contributed by atoms with Crippen molar-refractivity contribution >= 4 is 11.6 Å². The number of nitrogens with one attached hydrogen (secondary N) is 1. The molecule has 0 aliphatic heterocycles. The van der Waals surface area contributed by atoms with Crippen molar-refractivity contribution < 1.29 is 4.79 Å². The van der Waals surface area contributed by atoms with Crippen LogP contribution in [0.1, 0.15) is 257 Å². The zero-order valence-corrected chi connectivity index (χ0v) is 33.4. The third kappa shape index (κ3) is 36.3. The summed E-state index contributed by atoms with van der Waals surface area (Å²) >= 11 is 0. The molecule has 0 fully saturated rings. The summed E-state index contributed by atoms with van der Waals surface area (Å²) in [4.78, 5) is 12.0. The molecule has 49 heavy (non-hydrogen) atoms. The van der Waals surface area contributed by atoms with Crippen LogP contribution in [-0.4, -0.2) is 5.91 Å². The van der Waals surface area contributed by atoms with Crippen LogP contribution in [0, 0.1) is 0 Å². The van der Waals surface area contributed by atoms with Crippen molar-refractivity contribution in [3.63, 3.8) is 0 Å². The Hall–Kier alpha value is -1.31. The maximum atomic E-state index is 12.0. The van der Waals surface area contributed by atoms with E-state index >= 15 is 0 Å². The van der Waals surface area contributed by atoms with Crippen LogP contribution in [0.2, 0.25) is 0 Å². The Kier molecular flexibility index (Phi) is 36.8. The summed E-state index contributed by atoms with van der Waals surface area (Å²) in [6.07, 6.45) is 55.2. The van der Waals surface area contributed by atoms with Gasteiger partial charge in [-0.25, -0.2) is 0 Å². The fraction of sp³-hybridized carbons (Fsp3) is 0.851. The molecule has 0 bridgehead atoms. The number of benzene rings is 1. The van der Waals surface area contributed by atoms with Crippen molar-refractivity contribution in [1.29, 1.82) is 0 Å². The molecule has 0 saturated carbocycles. The van der Waals surface area contributed by atoms with Crippen LogP contribution >= 0.6 is 0 Å². The minimum Gasteiger partial charge on any atom is -0.326 e. The maximum absolute atomic E-state index is 12.0. The highest BCUT2D eigenvalue weighted by molar-refractivity contribution is 5.90. The predicted molar refractivity (Wildman–Crippen MR) is 221 cm³/mol. The van der Waals surface area contributed by atoms with Gasteiger partial charge in [-0.3, -0.25) is 4.79 Å². The molecule has 1 amide bonds. The number of para-hydroxylation sites is 1. The molecular weight excluding hydrogens is 595 g/mol. The summed E-state index contributed by atoms with van der Waals surface area (Å²) in [6, 6.07) is 9.79. The Morgan fingerprint density at radius 3 is 0.816 bits per heavy atom. The Labute approximate surface area is 308 Å². The summed E-state index contributed by atoms with van der Waals surface area (Å²) in [5.41, 5.74) is 0.907. The van der Waals surface area contributed by atoms with Gasteiger partial charge in [-0.15, -0.1) is 0 Å². The number of unbranched alkanes of at least 4 members (excludes halogenated alkanes) is 37. The molecule has 0 spiro atoms. The van der Waals surface area contributed by atoms with Gasteiger partial charge >= 0.3 is 0 Å². The van der Waals surface area contributed by atoms with E-state index in [1.54, 1.807) is 0 Å². The molecule has 1 aromatic carbocycles. The lowest BCUT2D eigenvalue weighted by Gasteiger charge is -2.05. The van der Waals surface area contributed by atoms with Crippen molar-refractivity contribution in [1.82, 2.24) is 0 Å². The van der Waals surface area contributed by atoms with Gasteiger partial charge in [0.25, 0.3) is 0 Å². The van der Waals surface area contributed by atoms with Crippen LogP contribution in [0.15, 0.2) is 30.3 Å². The highest BCUT2D eigenvalue weighted by Gasteiger charge is 2.02. The number of rotatable bonds is 40. The lowest BCUT2D eigenvalue weighted by atomic mass is 10.0. The third-order valence-electron chi connectivity index (χ3n) is 10.8. The number of carbonyl (C=O) groups excluding carboxylic acids is 1. The zero-order valence-electron chi connectivity index (χ0n) is 33.4. The molecule has 0 heterocycles. The van der Waals surface area contributed by atoms with Crippen molar-refractivity contribution in [2.45, 2.75) is 257 Å². The summed E-state index contributed by atoms with van der Waals surface area (Å²) < 4.78 is 0. The highest BCUT2D eigenvalue weighted by atomic mass is 16.1. The van der Waals surface area contributed by atoms with Gasteiger partial charge in [0.2, 0.25) is 5.91 Å². The molecule has 0 aliphatic rings. The van der Waals surface area contributed by atoms with Gasteiger partial charge in [-0.1, -0.05) is 263 Å². The molecule has 0 aromatic heterocycles. The maximum Gasteiger partial charge on any atom is 0.224 e. The molecule has 1 aromatic rings. The van der Waals surface area contributed by atoms with Gasteiger partial charge in [-0.05, 0) is 18.6 Å². The average Bonchev–Trinajstić information content (AvgIpc) is 3.11. The van der Waals surface area contributed by atoms with Gasteiger partial charge in [0.15, 0.2) is 0 Å². The van der Waals surface area contributed by atoms with Crippen molar-refractivity contribution in [2.75, 3.05) is 5.32 Å². The van der Waals surface area contributed by atoms with E-state index in [9.17, 15) is 4.79 Å². The second-order valence-corrected chi connectivity index (χ2v) is 15.7. The van der Waals surface area contributed by atoms with E-state index in [0.29, 0.717) is 6.42 Å². The Bertz CT molecular complexity index is 761. The molecule has 0 saturated heterocycles. The standard InChI is InChI=1S/C47H87NO/c1-2-3-4-5-6-7-8-9-10-11-12-13-14-15-16-17-18-19-20-21-22-23-24-25-26-27-28-29-30-31-32-33-34-35-36-37-38-42-45-47(49)48-46-43-40-39-41-44-46/h39-41,43-44H,2-38,42,45H2,1H3,(H,48,49). The highest BCUT2D eigenvalue weighted by Crippen LogP contribution is 2.18. The number of carbonyl (C=O) groups is 1. The molecular formula is C47H87NO. The molecule has 2 nitrogen and oxygen atoms in total. The number of anilines is 1. The Balaban J connectivity index is 1.63. The SMILES string of the molecule is CCCCCCCCCCCCCCCCCCCCCCCCCCCCCCCCCCCCCCCCC(=O)Nc1ccccc1. The van der Waals surface area contributed by atoms with Crippen LogP contribution in [0.3, 0.4) is 0 Å². The van der Waals surface area contributed by atoms with E-state index < -0.39 is 0 Å². The van der Waals surface area contributed by atoms with Gasteiger partial charge in [-0.2, -0.15) is 0 Å². The number of amides is 1. The number of hydrogen-bond acceptors (Lipinski definition) is 1. The fourth-order valence-corrected chi connectivity index (χ4v) is 7.47. The Morgan fingerprint density at radius 2 is 0.571 bits per heavy atom. The summed E-state index contributed by atoms with van der Waals surface area (Å²) in [7, 11) is 0. The molecule has 0 aliphatic carbocycles. The molecule has 1 N–H and O–H groups in total. The first-order valence-electron chi connectivity index (χ1n) is 22.7. The zero-order chi connectivity index (χ0) is 35.0. The van der Waals surface area contributed by atoms with Gasteiger partial charge in [0, 0.05) is 12.1 Å². The summed E-state index contributed by atoms with van der Waals surface area (Å²) in [5.74, 6) is 0.151. The monoisotopic (exact) mass is 682 g/mol. The minimum absolute atomic E-state index is 0.151. The van der Waals surface area contributed by atoms with Crippen LogP contribution in [-0.2, 0) is 4.79 Å².